The van der Waals surface area contributed by atoms with Gasteiger partial charge in [0.25, 0.3) is 0 Å². The minimum atomic E-state index is -1.21. The number of esters is 5. The van der Waals surface area contributed by atoms with Crippen LogP contribution >= 0.6 is 0 Å². The lowest BCUT2D eigenvalue weighted by atomic mass is 10.0. The van der Waals surface area contributed by atoms with Gasteiger partial charge in [-0.05, 0) is 39.0 Å². The third kappa shape index (κ3) is 5.87. The summed E-state index contributed by atoms with van der Waals surface area (Å²) in [6.07, 6.45) is 2.53. The summed E-state index contributed by atoms with van der Waals surface area (Å²) in [6, 6.07) is 3.21. The van der Waals surface area contributed by atoms with E-state index < -0.39 is 35.4 Å². The lowest BCUT2D eigenvalue weighted by Gasteiger charge is -2.09. The molecule has 1 aromatic rings. The van der Waals surface area contributed by atoms with Gasteiger partial charge < -0.3 is 14.2 Å². The Morgan fingerprint density at radius 2 is 1.36 bits per heavy atom. The summed E-state index contributed by atoms with van der Waals surface area (Å²) in [5, 5.41) is 0. The van der Waals surface area contributed by atoms with Crippen molar-refractivity contribution >= 4 is 29.8 Å². The summed E-state index contributed by atoms with van der Waals surface area (Å²) in [4.78, 5) is 59.6. The van der Waals surface area contributed by atoms with E-state index in [0.29, 0.717) is 0 Å². The van der Waals surface area contributed by atoms with Crippen LogP contribution in [0.3, 0.4) is 0 Å². The van der Waals surface area contributed by atoms with E-state index >= 15 is 0 Å². The van der Waals surface area contributed by atoms with Crippen LogP contribution in [0.4, 0.5) is 0 Å². The molecule has 0 saturated heterocycles. The molecule has 0 aliphatic heterocycles. The topological polar surface area (TPSA) is 113 Å². The van der Waals surface area contributed by atoms with E-state index in [1.54, 1.807) is 6.92 Å². The molecule has 0 amide bonds. The number of carbonyl (C=O) groups is 5. The zero-order valence-electron chi connectivity index (χ0n) is 15.6. The molecule has 28 heavy (non-hydrogen) atoms. The van der Waals surface area contributed by atoms with Gasteiger partial charge in [-0.15, -0.1) is 0 Å². The number of hydrogen-bond acceptors (Lipinski definition) is 8. The molecular weight excluding hydrogens is 368 g/mol. The van der Waals surface area contributed by atoms with Gasteiger partial charge in [0.2, 0.25) is 0 Å². The Labute approximate surface area is 161 Å². The van der Waals surface area contributed by atoms with Crippen molar-refractivity contribution in [2.24, 2.45) is 0 Å². The van der Waals surface area contributed by atoms with Crippen molar-refractivity contribution in [1.29, 1.82) is 0 Å². The van der Waals surface area contributed by atoms with E-state index in [1.807, 2.05) is 0 Å². The van der Waals surface area contributed by atoms with Crippen LogP contribution in [0.25, 0.3) is 0 Å². The average molecular weight is 386 g/mol. The van der Waals surface area contributed by atoms with E-state index in [2.05, 4.69) is 22.6 Å². The highest BCUT2D eigenvalue weighted by atomic mass is 16.6. The summed E-state index contributed by atoms with van der Waals surface area (Å²) < 4.78 is 14.0. The second-order valence-electron chi connectivity index (χ2n) is 5.55. The molecule has 1 aromatic carbocycles. The van der Waals surface area contributed by atoms with Crippen LogP contribution in [0.15, 0.2) is 54.8 Å². The molecular formula is C20H18O8. The largest absolute Gasteiger partial charge is 0.431 e. The highest BCUT2D eigenvalue weighted by Gasteiger charge is 2.25. The van der Waals surface area contributed by atoms with Crippen molar-refractivity contribution in [3.05, 3.63) is 71.5 Å². The van der Waals surface area contributed by atoms with Gasteiger partial charge in [-0.1, -0.05) is 19.2 Å². The molecule has 0 fully saturated rings. The molecule has 146 valence electrons. The standard InChI is InChI=1S/C20H18O8/c1-6-9-26-19(24)14-8-7-13(18(23)27-16(21)11(2)3)10-15(14)20(25)28-17(22)12(4)5/h6-10H,2,4H2,1,3,5H3. The smallest absolute Gasteiger partial charge is 0.346 e. The molecule has 0 spiro atoms. The van der Waals surface area contributed by atoms with Crippen LogP contribution in [0.1, 0.15) is 51.8 Å². The predicted octanol–water partition coefficient (Wildman–Crippen LogP) is 2.90. The average Bonchev–Trinajstić information content (AvgIpc) is 2.64. The SMILES string of the molecule is C=C(C)C(=O)OC(=O)c1ccc(C(=O)OC=CC)c(C(=O)OC(=O)C(=C)C)c1. The predicted molar refractivity (Wildman–Crippen MR) is 97.1 cm³/mol. The Balaban J connectivity index is 3.33. The minimum absolute atomic E-state index is 0.00779. The van der Waals surface area contributed by atoms with Crippen molar-refractivity contribution in [1.82, 2.24) is 0 Å². The molecule has 0 saturated carbocycles. The first-order valence-corrected chi connectivity index (χ1v) is 7.88. The van der Waals surface area contributed by atoms with Crippen molar-refractivity contribution in [3.8, 4) is 0 Å². The first-order valence-electron chi connectivity index (χ1n) is 7.88. The van der Waals surface area contributed by atoms with E-state index in [0.717, 1.165) is 24.5 Å². The third-order valence-electron chi connectivity index (χ3n) is 3.07. The molecule has 1 rings (SSSR count). The van der Waals surface area contributed by atoms with Crippen molar-refractivity contribution < 1.29 is 38.2 Å². The summed E-state index contributed by atoms with van der Waals surface area (Å²) in [7, 11) is 0. The molecule has 0 aliphatic carbocycles. The quantitative estimate of drug-likeness (QED) is 0.241. The van der Waals surface area contributed by atoms with Gasteiger partial charge in [0.15, 0.2) is 0 Å². The maximum atomic E-state index is 12.3. The Morgan fingerprint density at radius 3 is 1.86 bits per heavy atom. The van der Waals surface area contributed by atoms with Crippen LogP contribution in [0.5, 0.6) is 0 Å². The molecule has 0 unspecified atom stereocenters. The van der Waals surface area contributed by atoms with Gasteiger partial charge >= 0.3 is 29.8 Å². The first kappa shape index (κ1) is 22.2. The van der Waals surface area contributed by atoms with Crippen LogP contribution in [0, 0.1) is 0 Å². The number of carbonyl (C=O) groups excluding carboxylic acids is 5. The second kappa shape index (κ2) is 9.77. The maximum absolute atomic E-state index is 12.3. The highest BCUT2D eigenvalue weighted by molar-refractivity contribution is 6.10. The van der Waals surface area contributed by atoms with E-state index in [1.165, 1.54) is 19.9 Å². The van der Waals surface area contributed by atoms with Crippen LogP contribution in [-0.4, -0.2) is 29.8 Å². The number of allylic oxidation sites excluding steroid dienone is 1. The normalized spacial score (nSPS) is 10.1. The highest BCUT2D eigenvalue weighted by Crippen LogP contribution is 2.17. The third-order valence-corrected chi connectivity index (χ3v) is 3.07. The number of benzene rings is 1. The zero-order chi connectivity index (χ0) is 21.4. The summed E-state index contributed by atoms with van der Waals surface area (Å²) in [5.41, 5.74) is -0.978. The van der Waals surface area contributed by atoms with Crippen molar-refractivity contribution in [2.45, 2.75) is 20.8 Å². The molecule has 0 aromatic heterocycles. The van der Waals surface area contributed by atoms with E-state index in [-0.39, 0.29) is 22.3 Å². The molecule has 8 heteroatoms. The van der Waals surface area contributed by atoms with Crippen LogP contribution in [-0.2, 0) is 23.8 Å². The Kier molecular flexibility index (Phi) is 7.76. The van der Waals surface area contributed by atoms with Gasteiger partial charge in [0.05, 0.1) is 23.0 Å². The van der Waals surface area contributed by atoms with Crippen LogP contribution in [0.2, 0.25) is 0 Å². The molecule has 0 N–H and O–H groups in total. The van der Waals surface area contributed by atoms with Crippen molar-refractivity contribution in [3.63, 3.8) is 0 Å². The summed E-state index contributed by atoms with van der Waals surface area (Å²) in [6.45, 7) is 11.0. The Hall–Kier alpha value is -3.81. The van der Waals surface area contributed by atoms with Gasteiger partial charge in [0, 0.05) is 11.1 Å². The van der Waals surface area contributed by atoms with Crippen molar-refractivity contribution in [2.75, 3.05) is 0 Å². The number of hydrogen-bond donors (Lipinski definition) is 0. The Morgan fingerprint density at radius 1 is 0.821 bits per heavy atom. The molecule has 0 aliphatic rings. The van der Waals surface area contributed by atoms with Gasteiger partial charge in [0.1, 0.15) is 0 Å². The summed E-state index contributed by atoms with van der Waals surface area (Å²) in [5.74, 6) is -5.18. The molecule has 8 nitrogen and oxygen atoms in total. The molecule has 0 atom stereocenters. The number of rotatable bonds is 6. The van der Waals surface area contributed by atoms with E-state index in [4.69, 9.17) is 4.74 Å². The molecule has 0 bridgehead atoms. The maximum Gasteiger partial charge on any atom is 0.346 e. The fraction of sp³-hybridized carbons (Fsp3) is 0.150. The summed E-state index contributed by atoms with van der Waals surface area (Å²) >= 11 is 0. The molecule has 0 radical (unpaired) electrons. The Bertz CT molecular complexity index is 905. The first-order chi connectivity index (χ1) is 13.1. The monoisotopic (exact) mass is 386 g/mol. The molecule has 0 heterocycles. The second-order valence-corrected chi connectivity index (χ2v) is 5.55. The number of ether oxygens (including phenoxy) is 3. The minimum Gasteiger partial charge on any atom is -0.431 e. The lowest BCUT2D eigenvalue weighted by molar-refractivity contribution is -0.134. The van der Waals surface area contributed by atoms with E-state index in [9.17, 15) is 24.0 Å². The fourth-order valence-electron chi connectivity index (χ4n) is 1.67. The van der Waals surface area contributed by atoms with Gasteiger partial charge in [-0.25, -0.2) is 24.0 Å². The van der Waals surface area contributed by atoms with Gasteiger partial charge in [-0.2, -0.15) is 0 Å². The zero-order valence-corrected chi connectivity index (χ0v) is 15.6. The fourth-order valence-corrected chi connectivity index (χ4v) is 1.67. The van der Waals surface area contributed by atoms with Gasteiger partial charge in [-0.3, -0.25) is 0 Å². The lowest BCUT2D eigenvalue weighted by Crippen LogP contribution is -2.19. The van der Waals surface area contributed by atoms with Crippen LogP contribution < -0.4 is 0 Å².